The molecule has 1 aliphatic rings. The fraction of sp³-hybridized carbons (Fsp3) is 0.353. The Kier molecular flexibility index (Phi) is 5.02. The van der Waals surface area contributed by atoms with Crippen molar-refractivity contribution >= 4 is 17.5 Å². The van der Waals surface area contributed by atoms with E-state index in [0.717, 1.165) is 24.1 Å². The fourth-order valence-electron chi connectivity index (χ4n) is 2.35. The van der Waals surface area contributed by atoms with Gasteiger partial charge < -0.3 is 10.1 Å². The van der Waals surface area contributed by atoms with Gasteiger partial charge in [0.25, 0.3) is 5.91 Å². The first-order valence-electron chi connectivity index (χ1n) is 7.79. The van der Waals surface area contributed by atoms with Gasteiger partial charge in [0.2, 0.25) is 0 Å². The standard InChI is InChI=1S/C17H17ClN4O2/c18-14-15(12-3-4-12)21-22-16(14)17(23)20-9-10-24-13-5-1-11(2-6-13)7-8-19/h1-2,5-6,12H,3-4,7,9-10H2,(H,20,23)(H,21,22). The van der Waals surface area contributed by atoms with Crippen molar-refractivity contribution < 1.29 is 9.53 Å². The molecule has 6 nitrogen and oxygen atoms in total. The van der Waals surface area contributed by atoms with E-state index >= 15 is 0 Å². The molecule has 1 aromatic carbocycles. The van der Waals surface area contributed by atoms with Gasteiger partial charge in [0, 0.05) is 5.92 Å². The van der Waals surface area contributed by atoms with E-state index in [-0.39, 0.29) is 11.6 Å². The number of nitrogens with one attached hydrogen (secondary N) is 2. The molecule has 3 rings (SSSR count). The van der Waals surface area contributed by atoms with E-state index in [1.165, 1.54) is 0 Å². The van der Waals surface area contributed by atoms with Crippen molar-refractivity contribution in [3.8, 4) is 11.8 Å². The van der Waals surface area contributed by atoms with Gasteiger partial charge in [0.15, 0.2) is 5.69 Å². The molecule has 0 bridgehead atoms. The number of H-pyrrole nitrogens is 1. The third-order valence-electron chi connectivity index (χ3n) is 3.80. The summed E-state index contributed by atoms with van der Waals surface area (Å²) in [6.45, 7) is 0.682. The lowest BCUT2D eigenvalue weighted by molar-refractivity contribution is 0.0942. The van der Waals surface area contributed by atoms with Crippen LogP contribution in [-0.4, -0.2) is 29.3 Å². The van der Waals surface area contributed by atoms with E-state index in [9.17, 15) is 4.79 Å². The van der Waals surface area contributed by atoms with Crippen LogP contribution in [0.3, 0.4) is 0 Å². The number of hydrogen-bond donors (Lipinski definition) is 2. The maximum atomic E-state index is 12.1. The second-order valence-corrected chi connectivity index (χ2v) is 6.04. The molecule has 1 aliphatic carbocycles. The third kappa shape index (κ3) is 3.87. The Morgan fingerprint density at radius 2 is 2.17 bits per heavy atom. The Morgan fingerprint density at radius 1 is 1.42 bits per heavy atom. The Labute approximate surface area is 144 Å². The average molecular weight is 345 g/mol. The molecule has 0 unspecified atom stereocenters. The number of halogens is 1. The van der Waals surface area contributed by atoms with Gasteiger partial charge >= 0.3 is 0 Å². The highest BCUT2D eigenvalue weighted by Crippen LogP contribution is 2.42. The summed E-state index contributed by atoms with van der Waals surface area (Å²) in [5.74, 6) is 0.801. The van der Waals surface area contributed by atoms with Gasteiger partial charge in [-0.05, 0) is 30.5 Å². The molecule has 24 heavy (non-hydrogen) atoms. The van der Waals surface area contributed by atoms with Crippen LogP contribution in [-0.2, 0) is 6.42 Å². The molecule has 124 valence electrons. The number of nitriles is 1. The molecule has 0 spiro atoms. The SMILES string of the molecule is N#CCc1ccc(OCCNC(=O)c2n[nH]c(C3CC3)c2Cl)cc1. The molecule has 0 saturated heterocycles. The predicted molar refractivity (Wildman–Crippen MR) is 89.2 cm³/mol. The normalized spacial score (nSPS) is 13.3. The highest BCUT2D eigenvalue weighted by Gasteiger charge is 2.30. The highest BCUT2D eigenvalue weighted by molar-refractivity contribution is 6.34. The molecular formula is C17H17ClN4O2. The summed E-state index contributed by atoms with van der Waals surface area (Å²) in [7, 11) is 0. The molecule has 7 heteroatoms. The Balaban J connectivity index is 1.44. The summed E-state index contributed by atoms with van der Waals surface area (Å²) in [5, 5.41) is 18.6. The van der Waals surface area contributed by atoms with Crippen LogP contribution in [0, 0.1) is 11.3 Å². The summed E-state index contributed by atoms with van der Waals surface area (Å²) in [5.41, 5.74) is 2.03. The van der Waals surface area contributed by atoms with Crippen molar-refractivity contribution in [1.29, 1.82) is 5.26 Å². The molecule has 0 aliphatic heterocycles. The van der Waals surface area contributed by atoms with Crippen molar-refractivity contribution in [3.63, 3.8) is 0 Å². The quantitative estimate of drug-likeness (QED) is 0.755. The van der Waals surface area contributed by atoms with Crippen LogP contribution < -0.4 is 10.1 Å². The van der Waals surface area contributed by atoms with Crippen molar-refractivity contribution in [1.82, 2.24) is 15.5 Å². The fourth-order valence-corrected chi connectivity index (χ4v) is 2.67. The maximum absolute atomic E-state index is 12.1. The minimum Gasteiger partial charge on any atom is -0.492 e. The van der Waals surface area contributed by atoms with Crippen molar-refractivity contribution in [2.75, 3.05) is 13.2 Å². The third-order valence-corrected chi connectivity index (χ3v) is 4.18. The average Bonchev–Trinajstić information content (AvgIpc) is 3.35. The number of aromatic amines is 1. The summed E-state index contributed by atoms with van der Waals surface area (Å²) in [6, 6.07) is 9.40. The topological polar surface area (TPSA) is 90.8 Å². The molecule has 1 heterocycles. The lowest BCUT2D eigenvalue weighted by Crippen LogP contribution is -2.28. The predicted octanol–water partition coefficient (Wildman–Crippen LogP) is 2.82. The number of carbonyl (C=O) groups excluding carboxylic acids is 1. The number of ether oxygens (including phenoxy) is 1. The van der Waals surface area contributed by atoms with Gasteiger partial charge in [-0.1, -0.05) is 23.7 Å². The molecule has 0 radical (unpaired) electrons. The van der Waals surface area contributed by atoms with Crippen LogP contribution in [0.2, 0.25) is 5.02 Å². The van der Waals surface area contributed by atoms with Gasteiger partial charge in [-0.25, -0.2) is 0 Å². The van der Waals surface area contributed by atoms with Crippen LogP contribution in [0.15, 0.2) is 24.3 Å². The molecule has 2 aromatic rings. The van der Waals surface area contributed by atoms with E-state index in [4.69, 9.17) is 21.6 Å². The maximum Gasteiger partial charge on any atom is 0.273 e. The van der Waals surface area contributed by atoms with Gasteiger partial charge in [0.1, 0.15) is 12.4 Å². The van der Waals surface area contributed by atoms with E-state index in [1.54, 1.807) is 12.1 Å². The van der Waals surface area contributed by atoms with Crippen LogP contribution in [0.4, 0.5) is 0 Å². The molecular weight excluding hydrogens is 328 g/mol. The summed E-state index contributed by atoms with van der Waals surface area (Å²) in [4.78, 5) is 12.1. The van der Waals surface area contributed by atoms with Gasteiger partial charge in [-0.3, -0.25) is 9.89 Å². The summed E-state index contributed by atoms with van der Waals surface area (Å²) < 4.78 is 5.55. The van der Waals surface area contributed by atoms with E-state index in [2.05, 4.69) is 21.6 Å². The minimum absolute atomic E-state index is 0.236. The van der Waals surface area contributed by atoms with Crippen LogP contribution >= 0.6 is 11.6 Å². The number of nitrogens with zero attached hydrogens (tertiary/aromatic N) is 2. The Bertz CT molecular complexity index is 760. The Morgan fingerprint density at radius 3 is 2.83 bits per heavy atom. The number of rotatable bonds is 7. The summed E-state index contributed by atoms with van der Waals surface area (Å²) >= 11 is 6.19. The van der Waals surface area contributed by atoms with Gasteiger partial charge in [-0.15, -0.1) is 0 Å². The number of aromatic nitrogens is 2. The lowest BCUT2D eigenvalue weighted by atomic mass is 10.2. The zero-order valence-corrected chi connectivity index (χ0v) is 13.8. The largest absolute Gasteiger partial charge is 0.492 e. The molecule has 1 aromatic heterocycles. The lowest BCUT2D eigenvalue weighted by Gasteiger charge is -2.07. The zero-order valence-electron chi connectivity index (χ0n) is 13.0. The smallest absolute Gasteiger partial charge is 0.273 e. The monoisotopic (exact) mass is 344 g/mol. The Hall–Kier alpha value is -2.52. The first-order chi connectivity index (χ1) is 11.7. The van der Waals surface area contributed by atoms with Crippen molar-refractivity contribution in [2.24, 2.45) is 0 Å². The van der Waals surface area contributed by atoms with Crippen LogP contribution in [0.25, 0.3) is 0 Å². The van der Waals surface area contributed by atoms with Crippen LogP contribution in [0.1, 0.15) is 40.5 Å². The minimum atomic E-state index is -0.309. The van der Waals surface area contributed by atoms with Crippen molar-refractivity contribution in [2.45, 2.75) is 25.2 Å². The van der Waals surface area contributed by atoms with E-state index in [1.807, 2.05) is 12.1 Å². The van der Waals surface area contributed by atoms with E-state index in [0.29, 0.717) is 36.3 Å². The van der Waals surface area contributed by atoms with Gasteiger partial charge in [0.05, 0.1) is 29.8 Å². The molecule has 1 amide bonds. The number of carbonyl (C=O) groups is 1. The first-order valence-corrected chi connectivity index (χ1v) is 8.17. The van der Waals surface area contributed by atoms with Crippen molar-refractivity contribution in [3.05, 3.63) is 46.2 Å². The molecule has 2 N–H and O–H groups in total. The number of benzene rings is 1. The van der Waals surface area contributed by atoms with Gasteiger partial charge in [-0.2, -0.15) is 10.4 Å². The first kappa shape index (κ1) is 16.3. The van der Waals surface area contributed by atoms with E-state index < -0.39 is 0 Å². The number of amides is 1. The zero-order chi connectivity index (χ0) is 16.9. The summed E-state index contributed by atoms with van der Waals surface area (Å²) in [6.07, 6.45) is 2.55. The second kappa shape index (κ2) is 7.37. The highest BCUT2D eigenvalue weighted by atomic mass is 35.5. The molecule has 0 atom stereocenters. The second-order valence-electron chi connectivity index (χ2n) is 5.66. The molecule has 1 saturated carbocycles. The van der Waals surface area contributed by atoms with Crippen LogP contribution in [0.5, 0.6) is 5.75 Å². The molecule has 1 fully saturated rings. The number of hydrogen-bond acceptors (Lipinski definition) is 4.